The molecule has 0 aliphatic carbocycles. The maximum absolute atomic E-state index is 9.83. The van der Waals surface area contributed by atoms with Crippen LogP contribution in [0.1, 0.15) is 13.8 Å². The third kappa shape index (κ3) is 3.77. The number of aliphatic hydroxyl groups excluding tert-OH is 1. The number of methoxy groups -OCH3 is 1. The molecule has 0 saturated carbocycles. The molecule has 1 unspecified atom stereocenters. The molecular formula is C12H17BrO3. The lowest BCUT2D eigenvalue weighted by Gasteiger charge is -2.28. The molecule has 0 aliphatic rings. The summed E-state index contributed by atoms with van der Waals surface area (Å²) in [4.78, 5) is 0. The standard InChI is InChI=1S/C12H17BrO3/c1-12(2,15-3)11(14)8-16-10-6-4-9(13)5-7-10/h4-7,11,14H,8H2,1-3H3. The van der Waals surface area contributed by atoms with E-state index in [9.17, 15) is 5.11 Å². The normalized spacial score (nSPS) is 13.6. The Hall–Kier alpha value is -0.580. The Balaban J connectivity index is 2.49. The molecule has 0 amide bonds. The van der Waals surface area contributed by atoms with E-state index in [2.05, 4.69) is 15.9 Å². The third-order valence-corrected chi connectivity index (χ3v) is 3.08. The maximum atomic E-state index is 9.83. The topological polar surface area (TPSA) is 38.7 Å². The molecule has 3 nitrogen and oxygen atoms in total. The van der Waals surface area contributed by atoms with Gasteiger partial charge in [-0.25, -0.2) is 0 Å². The largest absolute Gasteiger partial charge is 0.491 e. The van der Waals surface area contributed by atoms with Crippen LogP contribution in [0.4, 0.5) is 0 Å². The summed E-state index contributed by atoms with van der Waals surface area (Å²) >= 11 is 3.34. The fraction of sp³-hybridized carbons (Fsp3) is 0.500. The molecule has 1 N–H and O–H groups in total. The Bertz CT molecular complexity index is 322. The monoisotopic (exact) mass is 288 g/mol. The van der Waals surface area contributed by atoms with Gasteiger partial charge in [0.2, 0.25) is 0 Å². The highest BCUT2D eigenvalue weighted by Crippen LogP contribution is 2.18. The molecule has 0 radical (unpaired) electrons. The number of ether oxygens (including phenoxy) is 2. The van der Waals surface area contributed by atoms with E-state index in [1.807, 2.05) is 38.1 Å². The first kappa shape index (κ1) is 13.5. The van der Waals surface area contributed by atoms with Crippen molar-refractivity contribution in [1.29, 1.82) is 0 Å². The predicted octanol–water partition coefficient (Wildman–Crippen LogP) is 2.61. The number of hydrogen-bond acceptors (Lipinski definition) is 3. The molecule has 1 atom stereocenters. The number of halogens is 1. The Morgan fingerprint density at radius 2 is 1.88 bits per heavy atom. The highest BCUT2D eigenvalue weighted by molar-refractivity contribution is 9.10. The summed E-state index contributed by atoms with van der Waals surface area (Å²) in [5, 5.41) is 9.83. The minimum atomic E-state index is -0.666. The molecule has 0 bridgehead atoms. The van der Waals surface area contributed by atoms with Crippen LogP contribution in [0.3, 0.4) is 0 Å². The van der Waals surface area contributed by atoms with Gasteiger partial charge in [-0.3, -0.25) is 0 Å². The molecule has 1 aromatic carbocycles. The first-order valence-electron chi connectivity index (χ1n) is 5.07. The van der Waals surface area contributed by atoms with E-state index in [1.54, 1.807) is 7.11 Å². The highest BCUT2D eigenvalue weighted by atomic mass is 79.9. The Labute approximate surface area is 105 Å². The van der Waals surface area contributed by atoms with Crippen LogP contribution < -0.4 is 4.74 Å². The lowest BCUT2D eigenvalue weighted by atomic mass is 10.0. The maximum Gasteiger partial charge on any atom is 0.119 e. The second-order valence-corrected chi connectivity index (χ2v) is 5.00. The van der Waals surface area contributed by atoms with Crippen LogP contribution in [-0.4, -0.2) is 30.5 Å². The zero-order chi connectivity index (χ0) is 12.2. The SMILES string of the molecule is COC(C)(C)C(O)COc1ccc(Br)cc1. The van der Waals surface area contributed by atoms with Gasteiger partial charge in [0.25, 0.3) is 0 Å². The van der Waals surface area contributed by atoms with Gasteiger partial charge in [0, 0.05) is 11.6 Å². The molecule has 0 fully saturated rings. The first-order chi connectivity index (χ1) is 7.45. The number of hydrogen-bond donors (Lipinski definition) is 1. The van der Waals surface area contributed by atoms with E-state index in [4.69, 9.17) is 9.47 Å². The average Bonchev–Trinajstić information content (AvgIpc) is 2.28. The van der Waals surface area contributed by atoms with E-state index in [-0.39, 0.29) is 6.61 Å². The van der Waals surface area contributed by atoms with Crippen molar-refractivity contribution in [2.75, 3.05) is 13.7 Å². The van der Waals surface area contributed by atoms with Gasteiger partial charge in [-0.05, 0) is 38.1 Å². The van der Waals surface area contributed by atoms with Gasteiger partial charge >= 0.3 is 0 Å². The summed E-state index contributed by atoms with van der Waals surface area (Å²) in [6.07, 6.45) is -0.666. The first-order valence-corrected chi connectivity index (χ1v) is 5.86. The second-order valence-electron chi connectivity index (χ2n) is 4.09. The van der Waals surface area contributed by atoms with Crippen LogP contribution in [0, 0.1) is 0 Å². The van der Waals surface area contributed by atoms with Crippen molar-refractivity contribution in [1.82, 2.24) is 0 Å². The third-order valence-electron chi connectivity index (χ3n) is 2.55. The molecule has 4 heteroatoms. The van der Waals surface area contributed by atoms with Gasteiger partial charge in [-0.1, -0.05) is 15.9 Å². The van der Waals surface area contributed by atoms with Crippen LogP contribution in [-0.2, 0) is 4.74 Å². The summed E-state index contributed by atoms with van der Waals surface area (Å²) in [7, 11) is 1.57. The summed E-state index contributed by atoms with van der Waals surface area (Å²) in [6.45, 7) is 3.85. The quantitative estimate of drug-likeness (QED) is 0.905. The van der Waals surface area contributed by atoms with Crippen LogP contribution in [0.25, 0.3) is 0 Å². The summed E-state index contributed by atoms with van der Waals surface area (Å²) in [5.41, 5.74) is -0.602. The van der Waals surface area contributed by atoms with Crippen molar-refractivity contribution in [3.05, 3.63) is 28.7 Å². The molecule has 90 valence electrons. The molecule has 1 rings (SSSR count). The van der Waals surface area contributed by atoms with Crippen LogP contribution in [0.15, 0.2) is 28.7 Å². The van der Waals surface area contributed by atoms with Gasteiger partial charge in [0.05, 0.1) is 5.60 Å². The Morgan fingerprint density at radius 1 is 1.31 bits per heavy atom. The molecule has 0 aliphatic heterocycles. The summed E-state index contributed by atoms with van der Waals surface area (Å²) in [5.74, 6) is 0.731. The van der Waals surface area contributed by atoms with Crippen molar-refractivity contribution < 1.29 is 14.6 Å². The summed E-state index contributed by atoms with van der Waals surface area (Å²) < 4.78 is 11.6. The van der Waals surface area contributed by atoms with Crippen LogP contribution >= 0.6 is 15.9 Å². The minimum absolute atomic E-state index is 0.211. The molecule has 16 heavy (non-hydrogen) atoms. The van der Waals surface area contributed by atoms with Gasteiger partial charge in [0.15, 0.2) is 0 Å². The van der Waals surface area contributed by atoms with E-state index in [0.29, 0.717) is 0 Å². The predicted molar refractivity (Wildman–Crippen MR) is 66.7 cm³/mol. The number of rotatable bonds is 5. The Kier molecular flexibility index (Phi) is 4.77. The molecular weight excluding hydrogens is 272 g/mol. The van der Waals surface area contributed by atoms with Gasteiger partial charge < -0.3 is 14.6 Å². The molecule has 0 spiro atoms. The van der Waals surface area contributed by atoms with Crippen molar-refractivity contribution in [2.24, 2.45) is 0 Å². The van der Waals surface area contributed by atoms with Crippen molar-refractivity contribution in [3.63, 3.8) is 0 Å². The number of benzene rings is 1. The zero-order valence-corrected chi connectivity index (χ0v) is 11.3. The average molecular weight is 289 g/mol. The lowest BCUT2D eigenvalue weighted by Crippen LogP contribution is -2.42. The zero-order valence-electron chi connectivity index (χ0n) is 9.74. The number of aliphatic hydroxyl groups is 1. The minimum Gasteiger partial charge on any atom is -0.491 e. The van der Waals surface area contributed by atoms with Gasteiger partial charge in [-0.15, -0.1) is 0 Å². The Morgan fingerprint density at radius 3 is 2.38 bits per heavy atom. The van der Waals surface area contributed by atoms with Gasteiger partial charge in [-0.2, -0.15) is 0 Å². The fourth-order valence-corrected chi connectivity index (χ4v) is 1.31. The van der Waals surface area contributed by atoms with E-state index >= 15 is 0 Å². The van der Waals surface area contributed by atoms with Crippen LogP contribution in [0.2, 0.25) is 0 Å². The van der Waals surface area contributed by atoms with Crippen molar-refractivity contribution in [3.8, 4) is 5.75 Å². The van der Waals surface area contributed by atoms with Crippen LogP contribution in [0.5, 0.6) is 5.75 Å². The summed E-state index contributed by atoms with van der Waals surface area (Å²) in [6, 6.07) is 7.47. The van der Waals surface area contributed by atoms with Crippen molar-refractivity contribution in [2.45, 2.75) is 25.6 Å². The smallest absolute Gasteiger partial charge is 0.119 e. The fourth-order valence-electron chi connectivity index (χ4n) is 1.04. The lowest BCUT2D eigenvalue weighted by molar-refractivity contribution is -0.0914. The second kappa shape index (κ2) is 5.66. The van der Waals surface area contributed by atoms with E-state index in [1.165, 1.54) is 0 Å². The molecule has 0 aromatic heterocycles. The van der Waals surface area contributed by atoms with Crippen molar-refractivity contribution >= 4 is 15.9 Å². The molecule has 0 heterocycles. The molecule has 1 aromatic rings. The van der Waals surface area contributed by atoms with E-state index in [0.717, 1.165) is 10.2 Å². The van der Waals surface area contributed by atoms with Gasteiger partial charge in [0.1, 0.15) is 18.5 Å². The highest BCUT2D eigenvalue weighted by Gasteiger charge is 2.27. The molecule has 0 saturated heterocycles. The van der Waals surface area contributed by atoms with E-state index < -0.39 is 11.7 Å².